The Morgan fingerprint density at radius 1 is 1.38 bits per heavy atom. The van der Waals surface area contributed by atoms with E-state index in [0.717, 1.165) is 10.9 Å². The molecule has 1 aromatic heterocycles. The van der Waals surface area contributed by atoms with Crippen LogP contribution in [-0.2, 0) is 4.74 Å². The average Bonchev–Trinajstić information content (AvgIpc) is 2.28. The van der Waals surface area contributed by atoms with Crippen LogP contribution >= 0.6 is 11.6 Å². The summed E-state index contributed by atoms with van der Waals surface area (Å²) < 4.78 is 4.92. The summed E-state index contributed by atoms with van der Waals surface area (Å²) in [5.41, 5.74) is 1.29. The van der Waals surface area contributed by atoms with Crippen LogP contribution in [0.2, 0.25) is 5.15 Å². The first-order chi connectivity index (χ1) is 7.70. The van der Waals surface area contributed by atoms with Crippen molar-refractivity contribution in [2.45, 2.75) is 6.92 Å². The van der Waals surface area contributed by atoms with E-state index in [1.165, 1.54) is 0 Å². The van der Waals surface area contributed by atoms with E-state index in [9.17, 15) is 4.79 Å². The van der Waals surface area contributed by atoms with Crippen molar-refractivity contribution >= 4 is 28.5 Å². The van der Waals surface area contributed by atoms with Crippen LogP contribution in [0.5, 0.6) is 0 Å². The highest BCUT2D eigenvalue weighted by atomic mass is 35.5. The number of hydrogen-bond acceptors (Lipinski definition) is 3. The Kier molecular flexibility index (Phi) is 3.06. The lowest BCUT2D eigenvalue weighted by Gasteiger charge is -2.03. The minimum atomic E-state index is -0.320. The standard InChI is InChI=1S/C12H10ClNO2/c1-2-16-12(15)9-3-5-10-8(7-9)4-6-11(13)14-10/h3-7H,2H2,1H3. The molecule has 1 heterocycles. The molecule has 0 bridgehead atoms. The molecule has 0 N–H and O–H groups in total. The molecule has 0 aliphatic carbocycles. The van der Waals surface area contributed by atoms with E-state index in [-0.39, 0.29) is 5.97 Å². The van der Waals surface area contributed by atoms with Gasteiger partial charge in [-0.3, -0.25) is 0 Å². The van der Waals surface area contributed by atoms with Crippen LogP contribution in [0, 0.1) is 0 Å². The van der Waals surface area contributed by atoms with E-state index in [1.54, 1.807) is 31.2 Å². The Morgan fingerprint density at radius 2 is 2.19 bits per heavy atom. The Hall–Kier alpha value is -1.61. The van der Waals surface area contributed by atoms with Crippen molar-refractivity contribution in [3.8, 4) is 0 Å². The van der Waals surface area contributed by atoms with E-state index < -0.39 is 0 Å². The number of esters is 1. The Morgan fingerprint density at radius 3 is 2.94 bits per heavy atom. The second-order valence-corrected chi connectivity index (χ2v) is 3.65. The van der Waals surface area contributed by atoms with Crippen LogP contribution in [0.15, 0.2) is 30.3 Å². The highest BCUT2D eigenvalue weighted by Gasteiger charge is 2.07. The summed E-state index contributed by atoms with van der Waals surface area (Å²) in [5, 5.41) is 1.31. The van der Waals surface area contributed by atoms with Crippen molar-refractivity contribution in [1.29, 1.82) is 0 Å². The van der Waals surface area contributed by atoms with Gasteiger partial charge < -0.3 is 4.74 Å². The van der Waals surface area contributed by atoms with Gasteiger partial charge >= 0.3 is 5.97 Å². The number of pyridine rings is 1. The van der Waals surface area contributed by atoms with Crippen molar-refractivity contribution in [1.82, 2.24) is 4.98 Å². The second-order valence-electron chi connectivity index (χ2n) is 3.26. The molecule has 16 heavy (non-hydrogen) atoms. The zero-order chi connectivity index (χ0) is 11.5. The average molecular weight is 236 g/mol. The van der Waals surface area contributed by atoms with Crippen molar-refractivity contribution in [3.63, 3.8) is 0 Å². The lowest BCUT2D eigenvalue weighted by molar-refractivity contribution is 0.0526. The minimum absolute atomic E-state index is 0.320. The normalized spacial score (nSPS) is 10.4. The molecule has 0 saturated heterocycles. The van der Waals surface area contributed by atoms with Gasteiger partial charge in [0.25, 0.3) is 0 Å². The topological polar surface area (TPSA) is 39.2 Å². The van der Waals surface area contributed by atoms with Gasteiger partial charge in [0, 0.05) is 5.39 Å². The molecule has 0 radical (unpaired) electrons. The summed E-state index contributed by atoms with van der Waals surface area (Å²) in [7, 11) is 0. The summed E-state index contributed by atoms with van der Waals surface area (Å²) in [6, 6.07) is 8.71. The number of aromatic nitrogens is 1. The Labute approximate surface area is 98.0 Å². The number of fused-ring (bicyclic) bond motifs is 1. The SMILES string of the molecule is CCOC(=O)c1ccc2nc(Cl)ccc2c1. The smallest absolute Gasteiger partial charge is 0.338 e. The molecule has 0 saturated carbocycles. The first kappa shape index (κ1) is 10.9. The maximum atomic E-state index is 11.5. The van der Waals surface area contributed by atoms with Crippen LogP contribution in [0.25, 0.3) is 10.9 Å². The van der Waals surface area contributed by atoms with Crippen molar-refractivity contribution in [2.24, 2.45) is 0 Å². The maximum absolute atomic E-state index is 11.5. The van der Waals surface area contributed by atoms with Gasteiger partial charge in [-0.05, 0) is 37.3 Å². The van der Waals surface area contributed by atoms with E-state index >= 15 is 0 Å². The van der Waals surface area contributed by atoms with Gasteiger partial charge in [0.05, 0.1) is 17.7 Å². The summed E-state index contributed by atoms with van der Waals surface area (Å²) in [5.74, 6) is -0.320. The summed E-state index contributed by atoms with van der Waals surface area (Å²) in [4.78, 5) is 15.6. The molecule has 0 atom stereocenters. The molecule has 0 unspecified atom stereocenters. The largest absolute Gasteiger partial charge is 0.462 e. The third-order valence-electron chi connectivity index (χ3n) is 2.17. The molecule has 4 heteroatoms. The Balaban J connectivity index is 2.44. The lowest BCUT2D eigenvalue weighted by atomic mass is 10.1. The Bertz CT molecular complexity index is 540. The first-order valence-corrected chi connectivity index (χ1v) is 5.32. The molecule has 0 fully saturated rings. The predicted octanol–water partition coefficient (Wildman–Crippen LogP) is 3.06. The summed E-state index contributed by atoms with van der Waals surface area (Å²) >= 11 is 5.77. The van der Waals surface area contributed by atoms with E-state index in [1.807, 2.05) is 6.07 Å². The number of carbonyl (C=O) groups excluding carboxylic acids is 1. The zero-order valence-corrected chi connectivity index (χ0v) is 9.49. The quantitative estimate of drug-likeness (QED) is 0.593. The monoisotopic (exact) mass is 235 g/mol. The number of nitrogens with zero attached hydrogens (tertiary/aromatic N) is 1. The zero-order valence-electron chi connectivity index (χ0n) is 8.74. The van der Waals surface area contributed by atoms with Gasteiger partial charge in [0.15, 0.2) is 0 Å². The molecule has 2 aromatic rings. The number of ether oxygens (including phenoxy) is 1. The molecule has 82 valence electrons. The van der Waals surface area contributed by atoms with Crippen LogP contribution in [-0.4, -0.2) is 17.6 Å². The molecule has 0 spiro atoms. The highest BCUT2D eigenvalue weighted by molar-refractivity contribution is 6.29. The number of carbonyl (C=O) groups is 1. The van der Waals surface area contributed by atoms with Crippen LogP contribution < -0.4 is 0 Å². The number of hydrogen-bond donors (Lipinski definition) is 0. The third-order valence-corrected chi connectivity index (χ3v) is 2.38. The molecule has 0 aliphatic heterocycles. The fraction of sp³-hybridized carbons (Fsp3) is 0.167. The lowest BCUT2D eigenvalue weighted by Crippen LogP contribution is -2.04. The van der Waals surface area contributed by atoms with Crippen molar-refractivity contribution < 1.29 is 9.53 Å². The molecule has 0 aliphatic rings. The van der Waals surface area contributed by atoms with Gasteiger partial charge in [-0.1, -0.05) is 11.6 Å². The second kappa shape index (κ2) is 4.49. The number of halogens is 1. The fourth-order valence-electron chi connectivity index (χ4n) is 1.44. The third kappa shape index (κ3) is 2.14. The van der Waals surface area contributed by atoms with Gasteiger partial charge in [-0.2, -0.15) is 0 Å². The number of rotatable bonds is 2. The predicted molar refractivity (Wildman–Crippen MR) is 62.7 cm³/mol. The molecular formula is C12H10ClNO2. The van der Waals surface area contributed by atoms with E-state index in [0.29, 0.717) is 17.3 Å². The molecule has 0 amide bonds. The van der Waals surface area contributed by atoms with Gasteiger partial charge in [0.1, 0.15) is 5.15 Å². The van der Waals surface area contributed by atoms with E-state index in [4.69, 9.17) is 16.3 Å². The fourth-order valence-corrected chi connectivity index (χ4v) is 1.60. The molecule has 2 rings (SSSR count). The highest BCUT2D eigenvalue weighted by Crippen LogP contribution is 2.17. The van der Waals surface area contributed by atoms with Crippen molar-refractivity contribution in [2.75, 3.05) is 6.61 Å². The summed E-state index contributed by atoms with van der Waals surface area (Å²) in [6.07, 6.45) is 0. The van der Waals surface area contributed by atoms with Gasteiger partial charge in [-0.25, -0.2) is 9.78 Å². The van der Waals surface area contributed by atoms with Crippen LogP contribution in [0.3, 0.4) is 0 Å². The minimum Gasteiger partial charge on any atom is -0.462 e. The molecular weight excluding hydrogens is 226 g/mol. The van der Waals surface area contributed by atoms with Crippen molar-refractivity contribution in [3.05, 3.63) is 41.0 Å². The first-order valence-electron chi connectivity index (χ1n) is 4.94. The van der Waals surface area contributed by atoms with Gasteiger partial charge in [0.2, 0.25) is 0 Å². The van der Waals surface area contributed by atoms with Gasteiger partial charge in [-0.15, -0.1) is 0 Å². The maximum Gasteiger partial charge on any atom is 0.338 e. The van der Waals surface area contributed by atoms with Crippen LogP contribution in [0.4, 0.5) is 0 Å². The summed E-state index contributed by atoms with van der Waals surface area (Å²) in [6.45, 7) is 2.15. The number of benzene rings is 1. The van der Waals surface area contributed by atoms with Crippen LogP contribution in [0.1, 0.15) is 17.3 Å². The van der Waals surface area contributed by atoms with E-state index in [2.05, 4.69) is 4.98 Å². The molecule has 3 nitrogen and oxygen atoms in total. The molecule has 1 aromatic carbocycles.